The van der Waals surface area contributed by atoms with Gasteiger partial charge >= 0.3 is 0 Å². The van der Waals surface area contributed by atoms with Crippen molar-refractivity contribution in [3.63, 3.8) is 0 Å². The Morgan fingerprint density at radius 2 is 2.07 bits per heavy atom. The summed E-state index contributed by atoms with van der Waals surface area (Å²) >= 11 is 6.37. The van der Waals surface area contributed by atoms with E-state index in [4.69, 9.17) is 11.6 Å². The summed E-state index contributed by atoms with van der Waals surface area (Å²) in [5.41, 5.74) is 0.306. The fourth-order valence-corrected chi connectivity index (χ4v) is 3.18. The first kappa shape index (κ1) is 11.7. The van der Waals surface area contributed by atoms with Gasteiger partial charge in [-0.2, -0.15) is 0 Å². The number of hydrogen-bond donors (Lipinski definition) is 0. The van der Waals surface area contributed by atoms with E-state index in [-0.39, 0.29) is 0 Å². The lowest BCUT2D eigenvalue weighted by Crippen LogP contribution is -2.33. The van der Waals surface area contributed by atoms with E-state index in [0.29, 0.717) is 10.8 Å². The first-order valence-corrected chi connectivity index (χ1v) is 6.79. The van der Waals surface area contributed by atoms with Crippen LogP contribution in [0, 0.1) is 17.3 Å². The molecule has 0 aromatic heterocycles. The molecule has 0 N–H and O–H groups in total. The second kappa shape index (κ2) is 4.25. The Kier molecular flexibility index (Phi) is 3.33. The van der Waals surface area contributed by atoms with Gasteiger partial charge in [-0.15, -0.1) is 11.6 Å². The molecule has 1 aliphatic carbocycles. The number of nitrogens with zero attached hydrogens (tertiary/aromatic N) is 1. The molecule has 0 aromatic rings. The third-order valence-electron chi connectivity index (χ3n) is 4.40. The minimum absolute atomic E-state index is 0.306. The normalized spacial score (nSPS) is 34.0. The Balaban J connectivity index is 1.81. The van der Waals surface area contributed by atoms with E-state index in [1.54, 1.807) is 0 Å². The highest BCUT2D eigenvalue weighted by Crippen LogP contribution is 2.37. The Morgan fingerprint density at radius 1 is 1.40 bits per heavy atom. The van der Waals surface area contributed by atoms with Gasteiger partial charge in [0.05, 0.1) is 5.38 Å². The fourth-order valence-electron chi connectivity index (χ4n) is 2.92. The van der Waals surface area contributed by atoms with Crippen molar-refractivity contribution in [3.8, 4) is 0 Å². The van der Waals surface area contributed by atoms with E-state index < -0.39 is 0 Å². The molecule has 1 saturated heterocycles. The number of alkyl halides is 1. The van der Waals surface area contributed by atoms with Gasteiger partial charge in [-0.05, 0) is 17.3 Å². The molecule has 0 spiro atoms. The van der Waals surface area contributed by atoms with Gasteiger partial charge in [0.2, 0.25) is 0 Å². The summed E-state index contributed by atoms with van der Waals surface area (Å²) in [6, 6.07) is 0. The van der Waals surface area contributed by atoms with Crippen LogP contribution in [0.4, 0.5) is 0 Å². The van der Waals surface area contributed by atoms with Crippen LogP contribution in [0.5, 0.6) is 0 Å². The van der Waals surface area contributed by atoms with Gasteiger partial charge in [-0.1, -0.05) is 40.0 Å². The molecule has 2 heteroatoms. The zero-order valence-corrected chi connectivity index (χ0v) is 11.1. The molecular formula is C13H24ClN. The molecule has 0 amide bonds. The van der Waals surface area contributed by atoms with Crippen LogP contribution < -0.4 is 0 Å². The Labute approximate surface area is 99.2 Å². The molecule has 0 aromatic carbocycles. The second-order valence-electron chi connectivity index (χ2n) is 6.32. The Morgan fingerprint density at radius 3 is 2.47 bits per heavy atom. The molecule has 1 aliphatic heterocycles. The number of hydrogen-bond acceptors (Lipinski definition) is 1. The molecular weight excluding hydrogens is 206 g/mol. The van der Waals surface area contributed by atoms with Crippen molar-refractivity contribution in [3.05, 3.63) is 0 Å². The highest BCUT2D eigenvalue weighted by molar-refractivity contribution is 6.21. The summed E-state index contributed by atoms with van der Waals surface area (Å²) in [6.07, 6.45) is 4.38. The first-order valence-electron chi connectivity index (χ1n) is 6.35. The van der Waals surface area contributed by atoms with Crippen molar-refractivity contribution < 1.29 is 0 Å². The van der Waals surface area contributed by atoms with E-state index in [9.17, 15) is 0 Å². The minimum atomic E-state index is 0.306. The van der Waals surface area contributed by atoms with Crippen LogP contribution in [0.2, 0.25) is 0 Å². The lowest BCUT2D eigenvalue weighted by molar-refractivity contribution is 0.160. The predicted octanol–water partition coefficient (Wildman–Crippen LogP) is 3.37. The molecule has 15 heavy (non-hydrogen) atoms. The van der Waals surface area contributed by atoms with Gasteiger partial charge < -0.3 is 4.90 Å². The van der Waals surface area contributed by atoms with Crippen molar-refractivity contribution in [2.24, 2.45) is 17.3 Å². The van der Waals surface area contributed by atoms with Crippen molar-refractivity contribution in [2.75, 3.05) is 19.6 Å². The summed E-state index contributed by atoms with van der Waals surface area (Å²) in [6.45, 7) is 10.5. The molecule has 1 heterocycles. The van der Waals surface area contributed by atoms with Crippen molar-refractivity contribution in [1.29, 1.82) is 0 Å². The van der Waals surface area contributed by atoms with Crippen molar-refractivity contribution >= 4 is 11.6 Å². The van der Waals surface area contributed by atoms with Gasteiger partial charge in [-0.3, -0.25) is 0 Å². The molecule has 2 atom stereocenters. The summed E-state index contributed by atoms with van der Waals surface area (Å²) in [7, 11) is 0. The van der Waals surface area contributed by atoms with Crippen LogP contribution in [0.3, 0.4) is 0 Å². The Hall–Kier alpha value is 0.250. The zero-order valence-electron chi connectivity index (χ0n) is 10.3. The lowest BCUT2D eigenvalue weighted by atomic mass is 9.76. The third-order valence-corrected chi connectivity index (χ3v) is 5.13. The second-order valence-corrected chi connectivity index (χ2v) is 6.85. The zero-order chi connectivity index (χ0) is 11.1. The molecule has 88 valence electrons. The van der Waals surface area contributed by atoms with Gasteiger partial charge in [0.1, 0.15) is 0 Å². The summed E-state index contributed by atoms with van der Waals surface area (Å²) in [4.78, 5) is 2.57. The lowest BCUT2D eigenvalue weighted by Gasteiger charge is -2.34. The van der Waals surface area contributed by atoms with E-state index in [1.165, 1.54) is 32.4 Å². The first-order chi connectivity index (χ1) is 6.99. The van der Waals surface area contributed by atoms with Gasteiger partial charge in [-0.25, -0.2) is 0 Å². The average Bonchev–Trinajstić information content (AvgIpc) is 2.20. The van der Waals surface area contributed by atoms with Gasteiger partial charge in [0.15, 0.2) is 0 Å². The molecule has 2 aliphatic rings. The highest BCUT2D eigenvalue weighted by atomic mass is 35.5. The maximum absolute atomic E-state index is 6.37. The molecule has 0 radical (unpaired) electrons. The van der Waals surface area contributed by atoms with Crippen molar-refractivity contribution in [2.45, 2.75) is 45.4 Å². The van der Waals surface area contributed by atoms with Gasteiger partial charge in [0, 0.05) is 19.6 Å². The molecule has 1 nitrogen and oxygen atoms in total. The molecule has 2 unspecified atom stereocenters. The monoisotopic (exact) mass is 229 g/mol. The van der Waals surface area contributed by atoms with Crippen LogP contribution >= 0.6 is 11.6 Å². The molecule has 2 fully saturated rings. The van der Waals surface area contributed by atoms with Crippen LogP contribution in [0.15, 0.2) is 0 Å². The quantitative estimate of drug-likeness (QED) is 0.671. The van der Waals surface area contributed by atoms with Crippen LogP contribution in [-0.2, 0) is 0 Å². The topological polar surface area (TPSA) is 3.24 Å². The fraction of sp³-hybridized carbons (Fsp3) is 1.00. The molecule has 2 rings (SSSR count). The van der Waals surface area contributed by atoms with E-state index in [1.807, 2.05) is 0 Å². The predicted molar refractivity (Wildman–Crippen MR) is 66.4 cm³/mol. The van der Waals surface area contributed by atoms with Gasteiger partial charge in [0.25, 0.3) is 0 Å². The maximum Gasteiger partial charge on any atom is 0.0526 e. The van der Waals surface area contributed by atoms with E-state index in [0.717, 1.165) is 18.4 Å². The van der Waals surface area contributed by atoms with Crippen molar-refractivity contribution in [1.82, 2.24) is 4.90 Å². The van der Waals surface area contributed by atoms with E-state index in [2.05, 4.69) is 25.7 Å². The largest absolute Gasteiger partial charge is 0.301 e. The smallest absolute Gasteiger partial charge is 0.0526 e. The summed E-state index contributed by atoms with van der Waals surface area (Å²) < 4.78 is 0. The SMILES string of the molecule is CC(CN1CC(Cl)C(C)(C)C1)C1CCC1. The molecule has 1 saturated carbocycles. The molecule has 0 bridgehead atoms. The summed E-state index contributed by atoms with van der Waals surface area (Å²) in [5.74, 6) is 1.87. The minimum Gasteiger partial charge on any atom is -0.301 e. The number of likely N-dealkylation sites (tertiary alicyclic amines) is 1. The van der Waals surface area contributed by atoms with Crippen LogP contribution in [-0.4, -0.2) is 29.9 Å². The maximum atomic E-state index is 6.37. The number of rotatable bonds is 3. The average molecular weight is 230 g/mol. The Bertz CT molecular complexity index is 223. The third kappa shape index (κ3) is 2.50. The van der Waals surface area contributed by atoms with Crippen LogP contribution in [0.1, 0.15) is 40.0 Å². The highest BCUT2D eigenvalue weighted by Gasteiger charge is 2.39. The summed E-state index contributed by atoms with van der Waals surface area (Å²) in [5, 5.41) is 0.339. The van der Waals surface area contributed by atoms with E-state index >= 15 is 0 Å². The number of halogens is 1. The van der Waals surface area contributed by atoms with Crippen LogP contribution in [0.25, 0.3) is 0 Å². The standard InChI is InChI=1S/C13H24ClN/c1-10(11-5-4-6-11)7-15-8-12(14)13(2,3)9-15/h10-12H,4-9H2,1-3H3.